The molecule has 0 aliphatic heterocycles. The van der Waals surface area contributed by atoms with Crippen molar-refractivity contribution in [3.8, 4) is 0 Å². The number of thiol groups is 1. The molecular weight excluding hydrogens is 494 g/mol. The van der Waals surface area contributed by atoms with E-state index in [9.17, 15) is 29.1 Å². The van der Waals surface area contributed by atoms with E-state index in [-0.39, 0.29) is 31.4 Å². The first-order valence-electron chi connectivity index (χ1n) is 10.8. The average Bonchev–Trinajstić information content (AvgIpc) is 3.54. The van der Waals surface area contributed by atoms with Gasteiger partial charge in [0.1, 0.15) is 18.1 Å². The number of hydrogen-bond donors (Lipinski definition) is 9. The van der Waals surface area contributed by atoms with E-state index in [1.54, 1.807) is 0 Å². The average molecular weight is 524 g/mol. The maximum absolute atomic E-state index is 13.0. The van der Waals surface area contributed by atoms with Crippen LogP contribution in [-0.2, 0) is 36.8 Å². The fourth-order valence-corrected chi connectivity index (χ4v) is 3.35. The van der Waals surface area contributed by atoms with E-state index < -0.39 is 53.8 Å². The number of aromatic nitrogens is 4. The van der Waals surface area contributed by atoms with E-state index in [0.29, 0.717) is 11.4 Å². The van der Waals surface area contributed by atoms with Crippen LogP contribution in [0.15, 0.2) is 25.0 Å². The van der Waals surface area contributed by atoms with Crippen molar-refractivity contribution in [3.63, 3.8) is 0 Å². The molecule has 2 aromatic heterocycles. The van der Waals surface area contributed by atoms with E-state index in [1.807, 2.05) is 0 Å². The molecule has 4 unspecified atom stereocenters. The maximum atomic E-state index is 13.0. The minimum atomic E-state index is -1.29. The summed E-state index contributed by atoms with van der Waals surface area (Å²) in [5, 5.41) is 16.8. The molecule has 16 heteroatoms. The lowest BCUT2D eigenvalue weighted by molar-refractivity contribution is -0.142. The molecule has 4 amide bonds. The van der Waals surface area contributed by atoms with Crippen molar-refractivity contribution in [1.82, 2.24) is 35.9 Å². The van der Waals surface area contributed by atoms with Crippen molar-refractivity contribution >= 4 is 42.2 Å². The van der Waals surface area contributed by atoms with Crippen molar-refractivity contribution in [2.24, 2.45) is 11.5 Å². The predicted molar refractivity (Wildman–Crippen MR) is 128 cm³/mol. The Labute approximate surface area is 211 Å². The minimum Gasteiger partial charge on any atom is -0.480 e. The molecule has 2 heterocycles. The number of nitrogens with one attached hydrogen (secondary N) is 5. The summed E-state index contributed by atoms with van der Waals surface area (Å²) >= 11 is 4.09. The molecule has 2 rings (SSSR count). The zero-order valence-corrected chi connectivity index (χ0v) is 20.0. The second-order valence-corrected chi connectivity index (χ2v) is 8.24. The van der Waals surface area contributed by atoms with Crippen molar-refractivity contribution in [2.75, 3.05) is 5.75 Å². The molecule has 0 saturated heterocycles. The lowest BCUT2D eigenvalue weighted by Crippen LogP contribution is -2.58. The number of rotatable bonds is 15. The van der Waals surface area contributed by atoms with Crippen LogP contribution in [0.3, 0.4) is 0 Å². The number of aromatic amines is 2. The monoisotopic (exact) mass is 523 g/mol. The van der Waals surface area contributed by atoms with E-state index in [1.165, 1.54) is 25.0 Å². The van der Waals surface area contributed by atoms with Crippen LogP contribution in [0.5, 0.6) is 0 Å². The maximum Gasteiger partial charge on any atom is 0.326 e. The summed E-state index contributed by atoms with van der Waals surface area (Å²) in [5.74, 6) is -4.29. The van der Waals surface area contributed by atoms with Gasteiger partial charge in [-0.2, -0.15) is 12.6 Å². The third-order valence-electron chi connectivity index (χ3n) is 5.06. The number of carbonyl (C=O) groups excluding carboxylic acids is 4. The first-order chi connectivity index (χ1) is 17.1. The highest BCUT2D eigenvalue weighted by molar-refractivity contribution is 7.80. The van der Waals surface area contributed by atoms with Gasteiger partial charge in [0.05, 0.1) is 18.7 Å². The van der Waals surface area contributed by atoms with Crippen molar-refractivity contribution in [3.05, 3.63) is 36.4 Å². The molecule has 0 fully saturated rings. The van der Waals surface area contributed by atoms with Crippen molar-refractivity contribution in [2.45, 2.75) is 49.9 Å². The highest BCUT2D eigenvalue weighted by Crippen LogP contribution is 2.04. The van der Waals surface area contributed by atoms with Crippen molar-refractivity contribution < 1.29 is 29.1 Å². The van der Waals surface area contributed by atoms with E-state index in [2.05, 4.69) is 48.5 Å². The summed E-state index contributed by atoms with van der Waals surface area (Å²) in [6, 6.07) is -4.78. The molecule has 0 aliphatic rings. The number of hydrogen-bond acceptors (Lipinski definition) is 9. The number of carboxylic acid groups (broad SMARTS) is 1. The number of H-pyrrole nitrogens is 2. The molecule has 0 aromatic carbocycles. The smallest absolute Gasteiger partial charge is 0.326 e. The summed E-state index contributed by atoms with van der Waals surface area (Å²) in [4.78, 5) is 74.1. The molecule has 0 spiro atoms. The highest BCUT2D eigenvalue weighted by atomic mass is 32.1. The van der Waals surface area contributed by atoms with Gasteiger partial charge in [0, 0.05) is 48.8 Å². The van der Waals surface area contributed by atoms with Gasteiger partial charge in [0.2, 0.25) is 23.6 Å². The topological polar surface area (TPSA) is 251 Å². The molecule has 0 bridgehead atoms. The molecule has 15 nitrogen and oxygen atoms in total. The van der Waals surface area contributed by atoms with Crippen LogP contribution in [-0.4, -0.2) is 84.6 Å². The van der Waals surface area contributed by atoms with Gasteiger partial charge in [0.25, 0.3) is 0 Å². The summed E-state index contributed by atoms with van der Waals surface area (Å²) < 4.78 is 0. The number of imidazole rings is 2. The Hall–Kier alpha value is -3.92. The van der Waals surface area contributed by atoms with Gasteiger partial charge in [0.15, 0.2) is 0 Å². The van der Waals surface area contributed by atoms with E-state index in [4.69, 9.17) is 11.5 Å². The Morgan fingerprint density at radius 1 is 0.889 bits per heavy atom. The largest absolute Gasteiger partial charge is 0.480 e. The second-order valence-electron chi connectivity index (χ2n) is 7.88. The molecule has 36 heavy (non-hydrogen) atoms. The first kappa shape index (κ1) is 28.3. The van der Waals surface area contributed by atoms with Crippen LogP contribution in [0.4, 0.5) is 0 Å². The van der Waals surface area contributed by atoms with Gasteiger partial charge in [-0.05, 0) is 6.42 Å². The van der Waals surface area contributed by atoms with Crippen LogP contribution in [0.25, 0.3) is 0 Å². The van der Waals surface area contributed by atoms with Crippen LogP contribution >= 0.6 is 12.6 Å². The van der Waals surface area contributed by atoms with Gasteiger partial charge in [-0.1, -0.05) is 0 Å². The SMILES string of the molecule is NC(=O)CCC(N)C(=O)NC(Cc1cnc[nH]1)C(=O)NC(CS)C(=O)NC(Cc1cnc[nH]1)C(=O)O. The number of amides is 4. The fourth-order valence-electron chi connectivity index (χ4n) is 3.09. The summed E-state index contributed by atoms with van der Waals surface area (Å²) in [6.07, 6.45) is 5.44. The summed E-state index contributed by atoms with van der Waals surface area (Å²) in [5.41, 5.74) is 11.9. The Kier molecular flexibility index (Phi) is 10.9. The second kappa shape index (κ2) is 13.8. The Bertz CT molecular complexity index is 1030. The molecule has 4 atom stereocenters. The molecule has 0 saturated carbocycles. The van der Waals surface area contributed by atoms with Gasteiger partial charge >= 0.3 is 5.97 Å². The number of primary amides is 1. The van der Waals surface area contributed by atoms with Crippen LogP contribution in [0.1, 0.15) is 24.2 Å². The normalized spacial score (nSPS) is 14.2. The number of carbonyl (C=O) groups is 5. The number of nitrogens with zero attached hydrogens (tertiary/aromatic N) is 2. The Balaban J connectivity index is 2.07. The number of carboxylic acids is 1. The minimum absolute atomic E-state index is 0.0153. The Morgan fingerprint density at radius 3 is 1.86 bits per heavy atom. The van der Waals surface area contributed by atoms with Crippen LogP contribution in [0, 0.1) is 0 Å². The van der Waals surface area contributed by atoms with Gasteiger partial charge < -0.3 is 42.5 Å². The third-order valence-corrected chi connectivity index (χ3v) is 5.42. The number of aliphatic carboxylic acids is 1. The lowest BCUT2D eigenvalue weighted by Gasteiger charge is -2.24. The lowest BCUT2D eigenvalue weighted by atomic mass is 10.1. The fraction of sp³-hybridized carbons (Fsp3) is 0.450. The standard InChI is InChI=1S/C20H29N9O6S/c21-12(1-2-16(22)30)17(31)27-13(3-10-5-23-8-25-10)18(32)29-15(7-36)19(33)28-14(20(34)35)4-11-6-24-9-26-11/h5-6,8-9,12-15,36H,1-4,7,21H2,(H2,22,30)(H,23,25)(H,24,26)(H,27,31)(H,28,33)(H,29,32)(H,34,35). The predicted octanol–water partition coefficient (Wildman–Crippen LogP) is -3.02. The van der Waals surface area contributed by atoms with Gasteiger partial charge in [-0.25, -0.2) is 14.8 Å². The number of nitrogens with two attached hydrogens (primary N) is 2. The van der Waals surface area contributed by atoms with E-state index in [0.717, 1.165) is 0 Å². The van der Waals surface area contributed by atoms with Gasteiger partial charge in [-0.3, -0.25) is 19.2 Å². The molecule has 10 N–H and O–H groups in total. The third kappa shape index (κ3) is 9.03. The van der Waals surface area contributed by atoms with Crippen LogP contribution < -0.4 is 27.4 Å². The van der Waals surface area contributed by atoms with Gasteiger partial charge in [-0.15, -0.1) is 0 Å². The highest BCUT2D eigenvalue weighted by Gasteiger charge is 2.30. The molecule has 0 aliphatic carbocycles. The molecule has 0 radical (unpaired) electrons. The Morgan fingerprint density at radius 2 is 1.39 bits per heavy atom. The quantitative estimate of drug-likeness (QED) is 0.108. The van der Waals surface area contributed by atoms with E-state index >= 15 is 0 Å². The van der Waals surface area contributed by atoms with Crippen LogP contribution in [0.2, 0.25) is 0 Å². The van der Waals surface area contributed by atoms with Crippen molar-refractivity contribution in [1.29, 1.82) is 0 Å². The molecule has 196 valence electrons. The molecular formula is C20H29N9O6S. The summed E-state index contributed by atoms with van der Waals surface area (Å²) in [6.45, 7) is 0. The zero-order chi connectivity index (χ0) is 26.7. The molecule has 2 aromatic rings. The summed E-state index contributed by atoms with van der Waals surface area (Å²) in [7, 11) is 0. The first-order valence-corrected chi connectivity index (χ1v) is 11.5. The zero-order valence-electron chi connectivity index (χ0n) is 19.1.